The largest absolute Gasteiger partial charge is 0.463 e. The number of rotatable bonds is 6. The Kier molecular flexibility index (Phi) is 5.13. The van der Waals surface area contributed by atoms with Gasteiger partial charge in [0.1, 0.15) is 11.7 Å². The highest BCUT2D eigenvalue weighted by molar-refractivity contribution is 7.15. The average Bonchev–Trinajstić information content (AvgIpc) is 3.47. The minimum Gasteiger partial charge on any atom is -0.463 e. The quantitative estimate of drug-likeness (QED) is 0.522. The molecule has 0 aliphatic rings. The Morgan fingerprint density at radius 1 is 1.17 bits per heavy atom. The summed E-state index contributed by atoms with van der Waals surface area (Å²) < 4.78 is 11.8. The second kappa shape index (κ2) is 7.88. The molecule has 1 atom stereocenters. The van der Waals surface area contributed by atoms with Gasteiger partial charge in [0, 0.05) is 10.9 Å². The maximum Gasteiger partial charge on any atom is 0.267 e. The van der Waals surface area contributed by atoms with Crippen LogP contribution < -0.4 is 10.9 Å². The first-order valence-electron chi connectivity index (χ1n) is 8.94. The van der Waals surface area contributed by atoms with Crippen molar-refractivity contribution in [2.24, 2.45) is 0 Å². The lowest BCUT2D eigenvalue weighted by Gasteiger charge is -2.14. The van der Waals surface area contributed by atoms with Gasteiger partial charge in [-0.2, -0.15) is 5.10 Å². The van der Waals surface area contributed by atoms with Crippen LogP contribution in [0.5, 0.6) is 0 Å². The van der Waals surface area contributed by atoms with Crippen LogP contribution in [0.2, 0.25) is 0 Å². The highest BCUT2D eigenvalue weighted by atomic mass is 32.1. The highest BCUT2D eigenvalue weighted by Crippen LogP contribution is 2.28. The molecular weight excluding hydrogens is 392 g/mol. The molecule has 4 rings (SSSR count). The van der Waals surface area contributed by atoms with Gasteiger partial charge in [-0.05, 0) is 44.2 Å². The van der Waals surface area contributed by atoms with E-state index in [1.54, 1.807) is 37.5 Å². The van der Waals surface area contributed by atoms with Gasteiger partial charge in [0.05, 0.1) is 24.8 Å². The summed E-state index contributed by atoms with van der Waals surface area (Å²) in [4.78, 5) is 30.3. The van der Waals surface area contributed by atoms with Crippen molar-refractivity contribution in [1.82, 2.24) is 20.1 Å². The van der Waals surface area contributed by atoms with Crippen LogP contribution >= 0.6 is 11.3 Å². The zero-order valence-electron chi connectivity index (χ0n) is 15.8. The van der Waals surface area contributed by atoms with Gasteiger partial charge in [0.25, 0.3) is 5.56 Å². The second-order valence-corrected chi connectivity index (χ2v) is 7.46. The molecule has 9 heteroatoms. The van der Waals surface area contributed by atoms with E-state index in [2.05, 4.69) is 15.4 Å². The number of hydrogen-bond donors (Lipinski definition) is 1. The number of thiazole rings is 1. The fourth-order valence-corrected chi connectivity index (χ4v) is 3.75. The SMILES string of the molecule is Cc1nc(-c2ccco2)sc1CNC(=O)C(C)n1nc(-c2ccco2)ccc1=O. The molecule has 0 bridgehead atoms. The van der Waals surface area contributed by atoms with Crippen LogP contribution in [0.1, 0.15) is 23.5 Å². The van der Waals surface area contributed by atoms with E-state index in [4.69, 9.17) is 8.83 Å². The average molecular weight is 410 g/mol. The molecule has 0 aliphatic carbocycles. The van der Waals surface area contributed by atoms with Crippen LogP contribution in [0, 0.1) is 6.92 Å². The Balaban J connectivity index is 1.48. The molecule has 0 saturated carbocycles. The van der Waals surface area contributed by atoms with Crippen molar-refractivity contribution >= 4 is 17.2 Å². The van der Waals surface area contributed by atoms with E-state index in [1.165, 1.54) is 23.7 Å². The lowest BCUT2D eigenvalue weighted by atomic mass is 10.3. The molecule has 4 heterocycles. The fourth-order valence-electron chi connectivity index (χ4n) is 2.78. The third-order valence-electron chi connectivity index (χ3n) is 4.39. The zero-order chi connectivity index (χ0) is 20.4. The van der Waals surface area contributed by atoms with E-state index in [0.29, 0.717) is 23.8 Å². The van der Waals surface area contributed by atoms with Gasteiger partial charge < -0.3 is 14.2 Å². The smallest absolute Gasteiger partial charge is 0.267 e. The minimum atomic E-state index is -0.782. The summed E-state index contributed by atoms with van der Waals surface area (Å²) in [7, 11) is 0. The van der Waals surface area contributed by atoms with Crippen LogP contribution in [0.15, 0.2) is 62.6 Å². The number of furan rings is 2. The maximum absolute atomic E-state index is 12.6. The number of nitrogens with one attached hydrogen (secondary N) is 1. The Morgan fingerprint density at radius 2 is 1.90 bits per heavy atom. The van der Waals surface area contributed by atoms with Gasteiger partial charge in [-0.15, -0.1) is 11.3 Å². The molecule has 1 N–H and O–H groups in total. The number of nitrogens with zero attached hydrogens (tertiary/aromatic N) is 3. The number of aryl methyl sites for hydroxylation is 1. The third-order valence-corrected chi connectivity index (χ3v) is 5.56. The van der Waals surface area contributed by atoms with Gasteiger partial charge in [-0.25, -0.2) is 9.67 Å². The molecule has 1 unspecified atom stereocenters. The minimum absolute atomic E-state index is 0.306. The number of aromatic nitrogens is 3. The predicted molar refractivity (Wildman–Crippen MR) is 107 cm³/mol. The zero-order valence-corrected chi connectivity index (χ0v) is 16.6. The van der Waals surface area contributed by atoms with Crippen LogP contribution in [0.3, 0.4) is 0 Å². The van der Waals surface area contributed by atoms with E-state index in [0.717, 1.165) is 20.3 Å². The summed E-state index contributed by atoms with van der Waals surface area (Å²) in [5, 5.41) is 7.89. The number of hydrogen-bond acceptors (Lipinski definition) is 7. The normalized spacial score (nSPS) is 12.1. The molecule has 8 nitrogen and oxygen atoms in total. The van der Waals surface area contributed by atoms with E-state index in [9.17, 15) is 9.59 Å². The third kappa shape index (κ3) is 3.90. The van der Waals surface area contributed by atoms with Crippen molar-refractivity contribution in [1.29, 1.82) is 0 Å². The Morgan fingerprint density at radius 3 is 2.59 bits per heavy atom. The lowest BCUT2D eigenvalue weighted by Crippen LogP contribution is -2.36. The molecular formula is C20H18N4O4S. The highest BCUT2D eigenvalue weighted by Gasteiger charge is 2.19. The van der Waals surface area contributed by atoms with Gasteiger partial charge in [-0.1, -0.05) is 0 Å². The molecule has 0 radical (unpaired) electrons. The first-order chi connectivity index (χ1) is 14.0. The molecule has 148 valence electrons. The number of carbonyl (C=O) groups is 1. The monoisotopic (exact) mass is 410 g/mol. The van der Waals surface area contributed by atoms with Crippen molar-refractivity contribution in [2.45, 2.75) is 26.4 Å². The van der Waals surface area contributed by atoms with Crippen LogP contribution in [0.25, 0.3) is 22.2 Å². The van der Waals surface area contributed by atoms with Gasteiger partial charge in [-0.3, -0.25) is 9.59 Å². The molecule has 1 amide bonds. The first kappa shape index (κ1) is 18.9. The van der Waals surface area contributed by atoms with Crippen molar-refractivity contribution < 1.29 is 13.6 Å². The molecule has 0 spiro atoms. The van der Waals surface area contributed by atoms with Crippen LogP contribution in [-0.4, -0.2) is 20.7 Å². The number of carbonyl (C=O) groups excluding carboxylic acids is 1. The second-order valence-electron chi connectivity index (χ2n) is 6.38. The van der Waals surface area contributed by atoms with Crippen molar-refractivity contribution in [3.63, 3.8) is 0 Å². The molecule has 0 fully saturated rings. The summed E-state index contributed by atoms with van der Waals surface area (Å²) >= 11 is 1.45. The fraction of sp³-hybridized carbons (Fsp3) is 0.200. The molecule has 4 aromatic heterocycles. The Labute approximate surface area is 169 Å². The molecule has 0 saturated heterocycles. The van der Waals surface area contributed by atoms with Crippen molar-refractivity contribution in [2.75, 3.05) is 0 Å². The summed E-state index contributed by atoms with van der Waals surface area (Å²) in [6.07, 6.45) is 3.12. The van der Waals surface area contributed by atoms with Gasteiger partial charge in [0.2, 0.25) is 5.91 Å². The topological polar surface area (TPSA) is 103 Å². The summed E-state index contributed by atoms with van der Waals surface area (Å²) in [5.74, 6) is 0.898. The van der Waals surface area contributed by atoms with E-state index in [1.807, 2.05) is 13.0 Å². The molecule has 0 aliphatic heterocycles. The summed E-state index contributed by atoms with van der Waals surface area (Å²) in [5.41, 5.74) is 0.942. The van der Waals surface area contributed by atoms with E-state index < -0.39 is 6.04 Å². The van der Waals surface area contributed by atoms with Crippen LogP contribution in [0.4, 0.5) is 0 Å². The predicted octanol–water partition coefficient (Wildman–Crippen LogP) is 3.41. The van der Waals surface area contributed by atoms with Crippen molar-refractivity contribution in [3.8, 4) is 22.2 Å². The Hall–Kier alpha value is -3.46. The van der Waals surface area contributed by atoms with Crippen LogP contribution in [-0.2, 0) is 11.3 Å². The summed E-state index contributed by atoms with van der Waals surface area (Å²) in [6, 6.07) is 9.28. The molecule has 4 aromatic rings. The Bertz CT molecular complexity index is 1180. The summed E-state index contributed by atoms with van der Waals surface area (Å²) in [6.45, 7) is 3.82. The molecule has 0 aromatic carbocycles. The van der Waals surface area contributed by atoms with Crippen molar-refractivity contribution in [3.05, 3.63) is 69.8 Å². The van der Waals surface area contributed by atoms with Gasteiger partial charge >= 0.3 is 0 Å². The molecule has 29 heavy (non-hydrogen) atoms. The lowest BCUT2D eigenvalue weighted by molar-refractivity contribution is -0.124. The maximum atomic E-state index is 12.6. The van der Waals surface area contributed by atoms with E-state index in [-0.39, 0.29) is 11.5 Å². The van der Waals surface area contributed by atoms with E-state index >= 15 is 0 Å². The first-order valence-corrected chi connectivity index (χ1v) is 9.76. The standard InChI is InChI=1S/C20H18N4O4S/c1-12-17(29-20(22-12)16-6-4-10-28-16)11-21-19(26)13(2)24-18(25)8-7-14(23-24)15-5-3-9-27-15/h3-10,13H,11H2,1-2H3,(H,21,26). The number of amides is 1. The van der Waals surface area contributed by atoms with Gasteiger partial charge in [0.15, 0.2) is 16.5 Å².